The molecule has 2 heterocycles. The summed E-state index contributed by atoms with van der Waals surface area (Å²) in [5, 5.41) is 2.78. The molecule has 0 bridgehead atoms. The second-order valence-corrected chi connectivity index (χ2v) is 7.99. The van der Waals surface area contributed by atoms with E-state index >= 15 is 0 Å². The summed E-state index contributed by atoms with van der Waals surface area (Å²) in [4.78, 5) is 64.9. The van der Waals surface area contributed by atoms with Gasteiger partial charge in [0.15, 0.2) is 6.61 Å². The zero-order valence-electron chi connectivity index (χ0n) is 16.9. The molecule has 1 N–H and O–H groups in total. The van der Waals surface area contributed by atoms with Gasteiger partial charge in [-0.15, -0.1) is 0 Å². The summed E-state index contributed by atoms with van der Waals surface area (Å²) >= 11 is 0. The minimum Gasteiger partial charge on any atom is -0.454 e. The van der Waals surface area contributed by atoms with E-state index in [0.717, 1.165) is 24.2 Å². The van der Waals surface area contributed by atoms with Gasteiger partial charge in [-0.25, -0.2) is 4.79 Å². The van der Waals surface area contributed by atoms with Gasteiger partial charge in [0.05, 0.1) is 0 Å². The highest BCUT2D eigenvalue weighted by molar-refractivity contribution is 6.09. The first-order valence-corrected chi connectivity index (χ1v) is 10.1. The van der Waals surface area contributed by atoms with Crippen LogP contribution in [0.4, 0.5) is 4.79 Å². The van der Waals surface area contributed by atoms with Crippen LogP contribution in [-0.4, -0.2) is 89.3 Å². The maximum Gasteiger partial charge on any atom is 0.326 e. The SMILES string of the molecule is CC(=O)N1CCN(C(=O)COC(=O)CN2C(=O)N[C@]3(CCCC[C@@H]3C)C2=O)CC1. The molecule has 3 aliphatic rings. The van der Waals surface area contributed by atoms with Crippen molar-refractivity contribution in [2.24, 2.45) is 5.92 Å². The first kappa shape index (κ1) is 21.1. The third-order valence-electron chi connectivity index (χ3n) is 6.22. The Morgan fingerprint density at radius 3 is 2.38 bits per heavy atom. The number of amides is 5. The Hall–Kier alpha value is -2.65. The van der Waals surface area contributed by atoms with E-state index < -0.39 is 36.6 Å². The normalized spacial score (nSPS) is 27.2. The van der Waals surface area contributed by atoms with Crippen LogP contribution in [0.5, 0.6) is 0 Å². The topological polar surface area (TPSA) is 116 Å². The van der Waals surface area contributed by atoms with Crippen molar-refractivity contribution in [1.82, 2.24) is 20.0 Å². The Morgan fingerprint density at radius 1 is 1.10 bits per heavy atom. The fourth-order valence-corrected chi connectivity index (χ4v) is 4.32. The zero-order chi connectivity index (χ0) is 21.2. The van der Waals surface area contributed by atoms with Gasteiger partial charge in [0.2, 0.25) is 5.91 Å². The Labute approximate surface area is 169 Å². The van der Waals surface area contributed by atoms with Crippen LogP contribution in [0.2, 0.25) is 0 Å². The molecule has 10 nitrogen and oxygen atoms in total. The number of imide groups is 1. The van der Waals surface area contributed by atoms with E-state index in [1.807, 2.05) is 6.92 Å². The molecular weight excluding hydrogens is 380 g/mol. The lowest BCUT2D eigenvalue weighted by Crippen LogP contribution is -2.54. The molecule has 0 aromatic heterocycles. The molecule has 0 aromatic rings. The zero-order valence-corrected chi connectivity index (χ0v) is 16.9. The van der Waals surface area contributed by atoms with Gasteiger partial charge in [0.25, 0.3) is 11.8 Å². The van der Waals surface area contributed by atoms with Crippen LogP contribution in [-0.2, 0) is 23.9 Å². The Kier molecular flexibility index (Phi) is 6.09. The second kappa shape index (κ2) is 8.38. The molecule has 2 atom stereocenters. The maximum absolute atomic E-state index is 12.8. The van der Waals surface area contributed by atoms with Crippen LogP contribution in [0.1, 0.15) is 39.5 Å². The van der Waals surface area contributed by atoms with Crippen LogP contribution >= 0.6 is 0 Å². The van der Waals surface area contributed by atoms with E-state index in [2.05, 4.69) is 5.32 Å². The molecule has 29 heavy (non-hydrogen) atoms. The van der Waals surface area contributed by atoms with Gasteiger partial charge in [-0.3, -0.25) is 24.1 Å². The number of esters is 1. The van der Waals surface area contributed by atoms with E-state index in [1.165, 1.54) is 11.8 Å². The van der Waals surface area contributed by atoms with Gasteiger partial charge in [-0.1, -0.05) is 19.8 Å². The number of nitrogens with one attached hydrogen (secondary N) is 1. The van der Waals surface area contributed by atoms with Gasteiger partial charge in [0.1, 0.15) is 12.1 Å². The fourth-order valence-electron chi connectivity index (χ4n) is 4.32. The molecule has 0 radical (unpaired) electrons. The summed E-state index contributed by atoms with van der Waals surface area (Å²) in [6.07, 6.45) is 3.27. The highest BCUT2D eigenvalue weighted by atomic mass is 16.5. The summed E-state index contributed by atoms with van der Waals surface area (Å²) < 4.78 is 5.01. The molecule has 2 saturated heterocycles. The van der Waals surface area contributed by atoms with Gasteiger partial charge in [-0.2, -0.15) is 0 Å². The molecule has 2 aliphatic heterocycles. The molecule has 10 heteroatoms. The molecule has 5 amide bonds. The Balaban J connectivity index is 1.48. The summed E-state index contributed by atoms with van der Waals surface area (Å²) in [5.74, 6) is -1.59. The van der Waals surface area contributed by atoms with Crippen molar-refractivity contribution in [3.05, 3.63) is 0 Å². The average Bonchev–Trinajstić information content (AvgIpc) is 2.93. The molecule has 3 fully saturated rings. The van der Waals surface area contributed by atoms with Crippen LogP contribution in [0, 0.1) is 5.92 Å². The van der Waals surface area contributed by atoms with E-state index in [9.17, 15) is 24.0 Å². The third kappa shape index (κ3) is 4.20. The third-order valence-corrected chi connectivity index (χ3v) is 6.22. The lowest BCUT2D eigenvalue weighted by molar-refractivity contribution is -0.155. The van der Waals surface area contributed by atoms with Crippen LogP contribution in [0.25, 0.3) is 0 Å². The summed E-state index contributed by atoms with van der Waals surface area (Å²) in [5.41, 5.74) is -0.929. The number of urea groups is 1. The first-order chi connectivity index (χ1) is 13.7. The highest BCUT2D eigenvalue weighted by Crippen LogP contribution is 2.38. The first-order valence-electron chi connectivity index (χ1n) is 10.1. The van der Waals surface area contributed by atoms with Gasteiger partial charge >= 0.3 is 12.0 Å². The predicted octanol–water partition coefficient (Wildman–Crippen LogP) is -0.279. The van der Waals surface area contributed by atoms with Gasteiger partial charge in [0, 0.05) is 33.1 Å². The van der Waals surface area contributed by atoms with E-state index in [1.54, 1.807) is 4.90 Å². The van der Waals surface area contributed by atoms with Crippen LogP contribution < -0.4 is 5.32 Å². The molecule has 0 aromatic carbocycles. The number of hydrogen-bond acceptors (Lipinski definition) is 6. The lowest BCUT2D eigenvalue weighted by atomic mass is 9.73. The van der Waals surface area contributed by atoms with Crippen molar-refractivity contribution in [2.45, 2.75) is 45.1 Å². The maximum atomic E-state index is 12.8. The highest BCUT2D eigenvalue weighted by Gasteiger charge is 2.55. The standard InChI is InChI=1S/C19H28N4O6/c1-13-5-3-4-6-19(13)17(27)23(18(28)20-19)11-16(26)29-12-15(25)22-9-7-21(8-10-22)14(2)24/h13H,3-12H2,1-2H3,(H,20,28)/t13-,19-/m0/s1. The monoisotopic (exact) mass is 408 g/mol. The lowest BCUT2D eigenvalue weighted by Gasteiger charge is -2.36. The smallest absolute Gasteiger partial charge is 0.326 e. The van der Waals surface area contributed by atoms with Gasteiger partial charge in [-0.05, 0) is 18.8 Å². The van der Waals surface area contributed by atoms with E-state index in [-0.39, 0.29) is 17.7 Å². The summed E-state index contributed by atoms with van der Waals surface area (Å²) in [6.45, 7) is 4.09. The van der Waals surface area contributed by atoms with E-state index in [0.29, 0.717) is 32.6 Å². The Morgan fingerprint density at radius 2 is 1.76 bits per heavy atom. The average molecular weight is 408 g/mol. The molecule has 1 aliphatic carbocycles. The fraction of sp³-hybridized carbons (Fsp3) is 0.737. The van der Waals surface area contributed by atoms with Gasteiger partial charge < -0.3 is 19.9 Å². The summed E-state index contributed by atoms with van der Waals surface area (Å²) in [6, 6.07) is -0.590. The number of nitrogens with zero attached hydrogens (tertiary/aromatic N) is 3. The molecule has 1 saturated carbocycles. The van der Waals surface area contributed by atoms with Crippen molar-refractivity contribution in [2.75, 3.05) is 39.3 Å². The Bertz CT molecular complexity index is 717. The molecule has 1 spiro atoms. The molecular formula is C19H28N4O6. The van der Waals surface area contributed by atoms with Crippen molar-refractivity contribution in [3.8, 4) is 0 Å². The largest absolute Gasteiger partial charge is 0.454 e. The minimum absolute atomic E-state index is 0.00367. The van der Waals surface area contributed by atoms with Crippen molar-refractivity contribution >= 4 is 29.7 Å². The number of rotatable bonds is 4. The minimum atomic E-state index is -0.929. The number of hydrogen-bond donors (Lipinski definition) is 1. The van der Waals surface area contributed by atoms with Crippen LogP contribution in [0.15, 0.2) is 0 Å². The molecule has 160 valence electrons. The van der Waals surface area contributed by atoms with E-state index in [4.69, 9.17) is 4.74 Å². The summed E-state index contributed by atoms with van der Waals surface area (Å²) in [7, 11) is 0. The number of carbonyl (C=O) groups is 5. The number of ether oxygens (including phenoxy) is 1. The van der Waals surface area contributed by atoms with Crippen LogP contribution in [0.3, 0.4) is 0 Å². The quantitative estimate of drug-likeness (QED) is 0.505. The number of carbonyl (C=O) groups excluding carboxylic acids is 5. The van der Waals surface area contributed by atoms with Crippen molar-refractivity contribution in [3.63, 3.8) is 0 Å². The molecule has 0 unspecified atom stereocenters. The molecule has 3 rings (SSSR count). The number of piperazine rings is 1. The second-order valence-electron chi connectivity index (χ2n) is 7.99. The van der Waals surface area contributed by atoms with Crippen molar-refractivity contribution in [1.29, 1.82) is 0 Å². The van der Waals surface area contributed by atoms with Crippen molar-refractivity contribution < 1.29 is 28.7 Å². The predicted molar refractivity (Wildman–Crippen MR) is 100 cm³/mol.